The normalized spacial score (nSPS) is 33.2. The molecule has 0 aliphatic heterocycles. The van der Waals surface area contributed by atoms with Crippen LogP contribution < -0.4 is 21.9 Å². The molecule has 4 N–H and O–H groups in total. The van der Waals surface area contributed by atoms with Gasteiger partial charge < -0.3 is 20.9 Å². The Morgan fingerprint density at radius 2 is 1.82 bits per heavy atom. The first-order valence-corrected chi connectivity index (χ1v) is 11.7. The molecule has 1 heterocycles. The van der Waals surface area contributed by atoms with E-state index in [2.05, 4.69) is 10.6 Å². The Hall–Kier alpha value is -2.81. The Balaban J connectivity index is 1.31. The number of benzene rings is 1. The second-order valence-corrected chi connectivity index (χ2v) is 11.1. The van der Waals surface area contributed by atoms with E-state index in [-0.39, 0.29) is 33.3 Å². The van der Waals surface area contributed by atoms with E-state index in [9.17, 15) is 22.8 Å². The number of carbonyl (C=O) groups is 1. The fraction of sp³-hybridized carbons (Fsp3) is 0.520. The van der Waals surface area contributed by atoms with Crippen LogP contribution in [0.15, 0.2) is 35.3 Å². The van der Waals surface area contributed by atoms with Gasteiger partial charge in [0.05, 0.1) is 22.9 Å². The van der Waals surface area contributed by atoms with Crippen LogP contribution in [0.4, 0.5) is 18.9 Å². The van der Waals surface area contributed by atoms with Crippen molar-refractivity contribution in [2.45, 2.75) is 74.5 Å². The third-order valence-electron chi connectivity index (χ3n) is 8.39. The highest BCUT2D eigenvalue weighted by molar-refractivity contribution is 5.99. The van der Waals surface area contributed by atoms with E-state index < -0.39 is 29.8 Å². The van der Waals surface area contributed by atoms with Gasteiger partial charge in [0, 0.05) is 34.4 Å². The van der Waals surface area contributed by atoms with Gasteiger partial charge in [-0.05, 0) is 51.4 Å². The first kappa shape index (κ1) is 21.7. The van der Waals surface area contributed by atoms with Crippen LogP contribution in [0.3, 0.4) is 0 Å². The highest BCUT2D eigenvalue weighted by atomic mass is 19.3. The van der Waals surface area contributed by atoms with Gasteiger partial charge in [-0.1, -0.05) is 18.2 Å². The lowest BCUT2D eigenvalue weighted by Gasteiger charge is -2.69. The maximum atomic E-state index is 14.7. The molecule has 34 heavy (non-hydrogen) atoms. The third kappa shape index (κ3) is 3.05. The zero-order valence-electron chi connectivity index (χ0n) is 18.8. The van der Waals surface area contributed by atoms with E-state index in [1.807, 2.05) is 0 Å². The van der Waals surface area contributed by atoms with Crippen molar-refractivity contribution in [3.63, 3.8) is 0 Å². The lowest BCUT2D eigenvalue weighted by molar-refractivity contribution is -0.0914. The molecule has 6 fully saturated rings. The van der Waals surface area contributed by atoms with Gasteiger partial charge in [0.1, 0.15) is 5.82 Å². The number of aromatic nitrogens is 1. The number of anilines is 1. The Morgan fingerprint density at radius 3 is 2.38 bits per heavy atom. The van der Waals surface area contributed by atoms with E-state index >= 15 is 0 Å². The summed E-state index contributed by atoms with van der Waals surface area (Å²) in [6.45, 7) is 1.55. The van der Waals surface area contributed by atoms with Crippen molar-refractivity contribution >= 4 is 11.6 Å². The predicted molar refractivity (Wildman–Crippen MR) is 120 cm³/mol. The summed E-state index contributed by atoms with van der Waals surface area (Å²) in [5.74, 6) is -0.871. The van der Waals surface area contributed by atoms with Gasteiger partial charge >= 0.3 is 0 Å². The van der Waals surface area contributed by atoms with Gasteiger partial charge in [0.15, 0.2) is 0 Å². The van der Waals surface area contributed by atoms with Crippen LogP contribution in [-0.2, 0) is 5.54 Å². The largest absolute Gasteiger partial charge is 0.379 e. The molecule has 1 amide bonds. The SMILES string of the molecule is C[C@@H](NC(=O)c1cn(C23CC(C2)C3)c(=O)cc1NC12CC(N)(C1)C2)c1cccc(C(F)F)c1F. The van der Waals surface area contributed by atoms with Crippen molar-refractivity contribution in [2.75, 3.05) is 5.32 Å². The van der Waals surface area contributed by atoms with E-state index in [4.69, 9.17) is 5.73 Å². The molecule has 0 spiro atoms. The van der Waals surface area contributed by atoms with Gasteiger partial charge in [-0.2, -0.15) is 0 Å². The van der Waals surface area contributed by atoms with Crippen LogP contribution in [-0.4, -0.2) is 21.6 Å². The summed E-state index contributed by atoms with van der Waals surface area (Å²) >= 11 is 0. The quantitative estimate of drug-likeness (QED) is 0.569. The number of nitrogens with zero attached hydrogens (tertiary/aromatic N) is 1. The molecule has 0 saturated heterocycles. The minimum atomic E-state index is -2.95. The molecule has 6 aliphatic carbocycles. The predicted octanol–water partition coefficient (Wildman–Crippen LogP) is 3.97. The van der Waals surface area contributed by atoms with Crippen molar-refractivity contribution in [3.8, 4) is 0 Å². The third-order valence-corrected chi connectivity index (χ3v) is 8.39. The number of nitrogens with two attached hydrogens (primary N) is 1. The average Bonchev–Trinajstić information content (AvgIpc) is 2.65. The lowest BCUT2D eigenvalue weighted by atomic mass is 9.44. The minimum absolute atomic E-state index is 0.0158. The molecular weight excluding hydrogens is 445 g/mol. The highest BCUT2D eigenvalue weighted by Crippen LogP contribution is 2.62. The molecule has 1 atom stereocenters. The zero-order chi connectivity index (χ0) is 24.0. The summed E-state index contributed by atoms with van der Waals surface area (Å²) < 4.78 is 42.6. The molecule has 0 radical (unpaired) electrons. The molecule has 6 nitrogen and oxygen atoms in total. The molecule has 0 unspecified atom stereocenters. The number of hydrogen-bond acceptors (Lipinski definition) is 4. The molecular formula is C25H27F3N4O2. The topological polar surface area (TPSA) is 89.2 Å². The average molecular weight is 473 g/mol. The van der Waals surface area contributed by atoms with E-state index in [0.717, 1.165) is 44.6 Å². The molecule has 6 aliphatic rings. The molecule has 1 aromatic carbocycles. The number of amides is 1. The zero-order valence-corrected chi connectivity index (χ0v) is 18.8. The standard InChI is InChI=1S/C25H27F3N4O2/c1-13(15-3-2-4-16(20(15)26)21(27)28)30-22(34)17-9-32(25-6-14(7-25)8-25)19(33)5-18(17)31-24-10-23(29,11-24)12-24/h2-5,9,13-14,21,31H,6-8,10-12,29H2,1H3,(H,30,34)/t13-,14?,23?,24?,25?/m1/s1. The second-order valence-electron chi connectivity index (χ2n) is 11.1. The van der Waals surface area contributed by atoms with Crippen LogP contribution in [0.5, 0.6) is 0 Å². The first-order valence-electron chi connectivity index (χ1n) is 11.7. The summed E-state index contributed by atoms with van der Waals surface area (Å²) in [4.78, 5) is 26.4. The molecule has 180 valence electrons. The number of rotatable bonds is 7. The molecule has 4 bridgehead atoms. The van der Waals surface area contributed by atoms with E-state index in [1.165, 1.54) is 18.2 Å². The fourth-order valence-corrected chi connectivity index (χ4v) is 6.62. The molecule has 2 aromatic rings. The lowest BCUT2D eigenvalue weighted by Crippen LogP contribution is -2.79. The van der Waals surface area contributed by atoms with Crippen molar-refractivity contribution in [2.24, 2.45) is 11.7 Å². The van der Waals surface area contributed by atoms with E-state index in [0.29, 0.717) is 11.6 Å². The number of alkyl halides is 2. The summed E-state index contributed by atoms with van der Waals surface area (Å²) in [5, 5.41) is 6.13. The number of pyridine rings is 1. The number of nitrogens with one attached hydrogen (secondary N) is 2. The fourth-order valence-electron chi connectivity index (χ4n) is 6.62. The number of carbonyl (C=O) groups excluding carboxylic acids is 1. The van der Waals surface area contributed by atoms with Crippen molar-refractivity contribution in [1.29, 1.82) is 0 Å². The summed E-state index contributed by atoms with van der Waals surface area (Å²) in [7, 11) is 0. The van der Waals surface area contributed by atoms with Crippen LogP contribution >= 0.6 is 0 Å². The van der Waals surface area contributed by atoms with Crippen LogP contribution in [0.2, 0.25) is 0 Å². The summed E-state index contributed by atoms with van der Waals surface area (Å²) in [6, 6.07) is 4.40. The van der Waals surface area contributed by atoms with Gasteiger partial charge in [0.2, 0.25) is 0 Å². The van der Waals surface area contributed by atoms with Gasteiger partial charge in [-0.15, -0.1) is 0 Å². The monoisotopic (exact) mass is 472 g/mol. The Bertz CT molecular complexity index is 1240. The minimum Gasteiger partial charge on any atom is -0.379 e. The van der Waals surface area contributed by atoms with Gasteiger partial charge in [0.25, 0.3) is 17.9 Å². The maximum Gasteiger partial charge on any atom is 0.266 e. The van der Waals surface area contributed by atoms with Crippen molar-refractivity contribution in [3.05, 3.63) is 63.3 Å². The number of hydrogen-bond donors (Lipinski definition) is 3. The molecule has 8 rings (SSSR count). The molecule has 9 heteroatoms. The summed E-state index contributed by atoms with van der Waals surface area (Å²) in [6.07, 6.45) is 3.78. The van der Waals surface area contributed by atoms with Crippen molar-refractivity contribution in [1.82, 2.24) is 9.88 Å². The first-order chi connectivity index (χ1) is 16.0. The van der Waals surface area contributed by atoms with Gasteiger partial charge in [-0.25, -0.2) is 13.2 Å². The number of halogens is 3. The highest BCUT2D eigenvalue weighted by Gasteiger charge is 2.66. The van der Waals surface area contributed by atoms with Crippen LogP contribution in [0, 0.1) is 11.7 Å². The van der Waals surface area contributed by atoms with E-state index in [1.54, 1.807) is 17.7 Å². The Kier molecular flexibility index (Phi) is 4.39. The Morgan fingerprint density at radius 1 is 1.18 bits per heavy atom. The van der Waals surface area contributed by atoms with Crippen molar-refractivity contribution < 1.29 is 18.0 Å². The van der Waals surface area contributed by atoms with Gasteiger partial charge in [-0.3, -0.25) is 9.59 Å². The second kappa shape index (κ2) is 6.87. The Labute approximate surface area is 194 Å². The van der Waals surface area contributed by atoms with Crippen LogP contribution in [0.25, 0.3) is 0 Å². The maximum absolute atomic E-state index is 14.7. The van der Waals surface area contributed by atoms with Crippen LogP contribution in [0.1, 0.15) is 79.4 Å². The molecule has 1 aromatic heterocycles. The molecule has 6 saturated carbocycles. The smallest absolute Gasteiger partial charge is 0.266 e. The summed E-state index contributed by atoms with van der Waals surface area (Å²) in [5.41, 5.74) is 5.45.